The summed E-state index contributed by atoms with van der Waals surface area (Å²) < 4.78 is 6.79. The fourth-order valence-electron chi connectivity index (χ4n) is 6.59. The van der Waals surface area contributed by atoms with Gasteiger partial charge in [0.2, 0.25) is 0 Å². The Kier molecular flexibility index (Phi) is 4.27. The van der Waals surface area contributed by atoms with Crippen LogP contribution in [0, 0.1) is 0 Å². The number of hydrogen-bond acceptors (Lipinski definition) is 3. The highest BCUT2D eigenvalue weighted by Crippen LogP contribution is 2.45. The quantitative estimate of drug-likeness (QED) is 0.283. The van der Waals surface area contributed by atoms with Crippen LogP contribution in [0.25, 0.3) is 0 Å². The largest absolute Gasteiger partial charge is 0.445 e. The Labute approximate surface area is 211 Å². The highest BCUT2D eigenvalue weighted by Gasteiger charge is 2.46. The Bertz CT molecular complexity index is 1610. The van der Waals surface area contributed by atoms with Crippen LogP contribution in [0.1, 0.15) is 24.2 Å². The van der Waals surface area contributed by atoms with Gasteiger partial charge >= 0.3 is 0 Å². The molecule has 1 aromatic heterocycles. The zero-order chi connectivity index (χ0) is 23.6. The predicted octanol–water partition coefficient (Wildman–Crippen LogP) is 6.24. The molecule has 4 aromatic carbocycles. The Balaban J connectivity index is 1.48. The van der Waals surface area contributed by atoms with Gasteiger partial charge in [-0.3, -0.25) is 4.90 Å². The minimum atomic E-state index is 0.160. The van der Waals surface area contributed by atoms with Crippen molar-refractivity contribution in [2.75, 3.05) is 9.80 Å². The Morgan fingerprint density at radius 3 is 1.94 bits per heavy atom. The van der Waals surface area contributed by atoms with Crippen molar-refractivity contribution in [3.63, 3.8) is 0 Å². The molecule has 0 N–H and O–H groups in total. The fourth-order valence-corrected chi connectivity index (χ4v) is 6.59. The van der Waals surface area contributed by atoms with Crippen molar-refractivity contribution < 1.29 is 4.42 Å². The molecule has 3 heterocycles. The summed E-state index contributed by atoms with van der Waals surface area (Å²) in [7, 11) is 0. The highest BCUT2D eigenvalue weighted by molar-refractivity contribution is 7.00. The Hall–Kier alpha value is -4.18. The molecule has 8 rings (SSSR count). The van der Waals surface area contributed by atoms with Gasteiger partial charge in [-0.2, -0.15) is 0 Å². The minimum absolute atomic E-state index is 0.160. The molecule has 0 spiro atoms. The first kappa shape index (κ1) is 20.1. The van der Waals surface area contributed by atoms with Crippen LogP contribution in [0.5, 0.6) is 0 Å². The maximum Gasteiger partial charge on any atom is 0.256 e. The monoisotopic (exact) mass is 464 g/mol. The van der Waals surface area contributed by atoms with Crippen molar-refractivity contribution in [1.82, 2.24) is 0 Å². The van der Waals surface area contributed by atoms with Crippen LogP contribution in [-0.2, 0) is 12.8 Å². The number of fused-ring (bicyclic) bond motifs is 6. The number of para-hydroxylation sites is 3. The van der Waals surface area contributed by atoms with Crippen LogP contribution in [0.3, 0.4) is 0 Å². The first-order valence-electron chi connectivity index (χ1n) is 13.0. The van der Waals surface area contributed by atoms with Gasteiger partial charge in [0.05, 0.1) is 0 Å². The van der Waals surface area contributed by atoms with E-state index in [1.165, 1.54) is 63.3 Å². The topological polar surface area (TPSA) is 19.6 Å². The Morgan fingerprint density at radius 1 is 0.556 bits per heavy atom. The summed E-state index contributed by atoms with van der Waals surface area (Å²) >= 11 is 0. The van der Waals surface area contributed by atoms with Crippen LogP contribution < -0.4 is 26.2 Å². The summed E-state index contributed by atoms with van der Waals surface area (Å²) in [5.74, 6) is 2.19. The molecule has 1 aliphatic carbocycles. The van der Waals surface area contributed by atoms with Gasteiger partial charge in [0.25, 0.3) is 6.71 Å². The van der Waals surface area contributed by atoms with Crippen molar-refractivity contribution in [2.24, 2.45) is 0 Å². The zero-order valence-corrected chi connectivity index (χ0v) is 20.0. The van der Waals surface area contributed by atoms with Crippen LogP contribution in [0.2, 0.25) is 0 Å². The van der Waals surface area contributed by atoms with Crippen LogP contribution in [-0.4, -0.2) is 6.71 Å². The van der Waals surface area contributed by atoms with Gasteiger partial charge in [-0.1, -0.05) is 60.7 Å². The number of benzene rings is 4. The molecule has 0 radical (unpaired) electrons. The number of hydrogen-bond donors (Lipinski definition) is 0. The fraction of sp³-hybridized carbons (Fsp3) is 0.125. The van der Waals surface area contributed by atoms with Crippen LogP contribution in [0.4, 0.5) is 34.3 Å². The molecule has 0 saturated heterocycles. The van der Waals surface area contributed by atoms with Gasteiger partial charge in [0.1, 0.15) is 5.76 Å². The molecule has 0 amide bonds. The lowest BCUT2D eigenvalue weighted by Crippen LogP contribution is -2.61. The number of anilines is 6. The molecule has 5 aromatic rings. The van der Waals surface area contributed by atoms with E-state index in [0.29, 0.717) is 0 Å². The molecule has 172 valence electrons. The number of furan rings is 1. The van der Waals surface area contributed by atoms with Crippen molar-refractivity contribution in [1.29, 1.82) is 0 Å². The highest BCUT2D eigenvalue weighted by atomic mass is 16.4. The number of aryl methyl sites for hydroxylation is 1. The molecule has 0 atom stereocenters. The third kappa shape index (κ3) is 2.70. The molecule has 4 heteroatoms. The summed E-state index contributed by atoms with van der Waals surface area (Å²) in [6, 6.07) is 37.1. The van der Waals surface area contributed by atoms with Crippen molar-refractivity contribution in [3.05, 3.63) is 114 Å². The second-order valence-electron chi connectivity index (χ2n) is 9.97. The van der Waals surface area contributed by atoms with Gasteiger partial charge < -0.3 is 9.32 Å². The predicted molar refractivity (Wildman–Crippen MR) is 149 cm³/mol. The van der Waals surface area contributed by atoms with E-state index in [-0.39, 0.29) is 6.71 Å². The van der Waals surface area contributed by atoms with E-state index in [1.807, 2.05) is 0 Å². The lowest BCUT2D eigenvalue weighted by atomic mass is 9.33. The normalized spacial score (nSPS) is 15.2. The summed E-state index contributed by atoms with van der Waals surface area (Å²) in [5, 5.41) is 0. The first-order chi connectivity index (χ1) is 17.9. The molecular formula is C32H25BN2O. The van der Waals surface area contributed by atoms with Crippen molar-refractivity contribution in [3.8, 4) is 0 Å². The zero-order valence-electron chi connectivity index (χ0n) is 20.0. The number of nitrogens with zero attached hydrogens (tertiary/aromatic N) is 2. The molecule has 3 nitrogen and oxygen atoms in total. The van der Waals surface area contributed by atoms with Crippen molar-refractivity contribution >= 4 is 57.4 Å². The van der Waals surface area contributed by atoms with Gasteiger partial charge in [0, 0.05) is 34.9 Å². The third-order valence-corrected chi connectivity index (χ3v) is 8.03. The molecule has 0 fully saturated rings. The van der Waals surface area contributed by atoms with E-state index >= 15 is 0 Å². The molecule has 2 aliphatic heterocycles. The van der Waals surface area contributed by atoms with Gasteiger partial charge in [0.15, 0.2) is 5.88 Å². The molecule has 0 saturated carbocycles. The lowest BCUT2D eigenvalue weighted by Gasteiger charge is -2.42. The molecule has 3 aliphatic rings. The standard InChI is InChI=1S/C32H25BN2O/c1-3-12-22(13-4-1)34-26-18-9-8-17-25(26)33-30-24-16-7-10-21-29(24)36-32(30)35(23-14-5-2-6-15-23)28-20-11-19-27(34)31(28)33/h1-6,8-9,11-15,17-20H,7,10,16,21H2. The van der Waals surface area contributed by atoms with Crippen LogP contribution >= 0.6 is 0 Å². The minimum Gasteiger partial charge on any atom is -0.445 e. The summed E-state index contributed by atoms with van der Waals surface area (Å²) in [6.07, 6.45) is 4.54. The van der Waals surface area contributed by atoms with Crippen molar-refractivity contribution in [2.45, 2.75) is 25.7 Å². The van der Waals surface area contributed by atoms with Gasteiger partial charge in [-0.25, -0.2) is 0 Å². The second-order valence-corrected chi connectivity index (χ2v) is 9.97. The van der Waals surface area contributed by atoms with E-state index in [1.54, 1.807) is 0 Å². The molecule has 0 unspecified atom stereocenters. The van der Waals surface area contributed by atoms with E-state index in [9.17, 15) is 0 Å². The average Bonchev–Trinajstić information content (AvgIpc) is 3.33. The second kappa shape index (κ2) is 7.66. The summed E-state index contributed by atoms with van der Waals surface area (Å²) in [4.78, 5) is 4.80. The maximum atomic E-state index is 6.79. The maximum absolute atomic E-state index is 6.79. The van der Waals surface area contributed by atoms with E-state index in [0.717, 1.165) is 24.4 Å². The van der Waals surface area contributed by atoms with E-state index in [2.05, 4.69) is 113 Å². The Morgan fingerprint density at radius 2 is 1.17 bits per heavy atom. The van der Waals surface area contributed by atoms with Gasteiger partial charge in [-0.15, -0.1) is 0 Å². The van der Waals surface area contributed by atoms with E-state index < -0.39 is 0 Å². The third-order valence-electron chi connectivity index (χ3n) is 8.03. The number of rotatable bonds is 2. The summed E-state index contributed by atoms with van der Waals surface area (Å²) in [5.41, 5.74) is 11.6. The molecular weight excluding hydrogens is 439 g/mol. The SMILES string of the molecule is c1ccc(N2c3ccccc3B3c4c2cccc4N(c2ccccc2)c2oc4c(c23)CCCC4)cc1. The van der Waals surface area contributed by atoms with Crippen LogP contribution in [0.15, 0.2) is 108 Å². The average molecular weight is 464 g/mol. The summed E-state index contributed by atoms with van der Waals surface area (Å²) in [6.45, 7) is 0.160. The van der Waals surface area contributed by atoms with E-state index in [4.69, 9.17) is 4.42 Å². The smallest absolute Gasteiger partial charge is 0.256 e. The molecule has 0 bridgehead atoms. The first-order valence-corrected chi connectivity index (χ1v) is 13.0. The van der Waals surface area contributed by atoms with Gasteiger partial charge in [-0.05, 0) is 83.7 Å². The lowest BCUT2D eigenvalue weighted by molar-refractivity contribution is 0.484. The molecule has 36 heavy (non-hydrogen) atoms.